The Morgan fingerprint density at radius 1 is 1.00 bits per heavy atom. The topological polar surface area (TPSA) is 64.4 Å². The molecule has 1 aliphatic rings. The Labute approximate surface area is 176 Å². The highest BCUT2D eigenvalue weighted by Crippen LogP contribution is 2.38. The maximum Gasteiger partial charge on any atom is 0.231 e. The average Bonchev–Trinajstić information content (AvgIpc) is 3.26. The van der Waals surface area contributed by atoms with Crippen LogP contribution in [0.15, 0.2) is 48.5 Å². The van der Waals surface area contributed by atoms with Crippen LogP contribution in [0.1, 0.15) is 37.4 Å². The summed E-state index contributed by atoms with van der Waals surface area (Å²) in [6, 6.07) is 17.9. The number of pyridine rings is 1. The lowest BCUT2D eigenvalue weighted by Crippen LogP contribution is -2.00. The molecule has 0 radical (unpaired) electrons. The van der Waals surface area contributed by atoms with Gasteiger partial charge in [-0.05, 0) is 54.8 Å². The van der Waals surface area contributed by atoms with Crippen LogP contribution >= 0.6 is 0 Å². The largest absolute Gasteiger partial charge is 0.497 e. The Kier molecular flexibility index (Phi) is 5.85. The Bertz CT molecular complexity index is 1080. The fraction of sp³-hybridized carbons (Fsp3) is 0.280. The van der Waals surface area contributed by atoms with E-state index in [1.165, 1.54) is 0 Å². The highest BCUT2D eigenvalue weighted by molar-refractivity contribution is 5.81. The average molecular weight is 400 g/mol. The van der Waals surface area contributed by atoms with Gasteiger partial charge in [-0.3, -0.25) is 4.98 Å². The van der Waals surface area contributed by atoms with Gasteiger partial charge in [0.2, 0.25) is 6.79 Å². The fourth-order valence-electron chi connectivity index (χ4n) is 3.65. The van der Waals surface area contributed by atoms with Crippen molar-refractivity contribution in [2.45, 2.75) is 32.6 Å². The summed E-state index contributed by atoms with van der Waals surface area (Å²) in [5.74, 6) is 2.18. The number of methoxy groups -OCH3 is 1. The minimum absolute atomic E-state index is 0.214. The monoisotopic (exact) mass is 400 g/mol. The highest BCUT2D eigenvalue weighted by atomic mass is 16.7. The van der Waals surface area contributed by atoms with Crippen LogP contribution < -0.4 is 14.2 Å². The number of nitriles is 1. The second-order valence-electron chi connectivity index (χ2n) is 7.25. The van der Waals surface area contributed by atoms with Gasteiger partial charge in [0.1, 0.15) is 11.8 Å². The second kappa shape index (κ2) is 8.87. The van der Waals surface area contributed by atoms with E-state index in [4.69, 9.17) is 19.2 Å². The van der Waals surface area contributed by atoms with Gasteiger partial charge in [0, 0.05) is 16.8 Å². The van der Waals surface area contributed by atoms with Gasteiger partial charge in [-0.15, -0.1) is 0 Å². The predicted octanol–water partition coefficient (Wildman–Crippen LogP) is 5.76. The zero-order valence-corrected chi connectivity index (χ0v) is 17.3. The van der Waals surface area contributed by atoms with Crippen molar-refractivity contribution in [3.8, 4) is 45.7 Å². The number of ether oxygens (including phenoxy) is 3. The molecule has 0 saturated heterocycles. The van der Waals surface area contributed by atoms with Crippen molar-refractivity contribution in [3.63, 3.8) is 0 Å². The molecular weight excluding hydrogens is 376 g/mol. The molecule has 1 aromatic heterocycles. The Balaban J connectivity index is 1.84. The van der Waals surface area contributed by atoms with Gasteiger partial charge in [-0.1, -0.05) is 31.9 Å². The van der Waals surface area contributed by atoms with E-state index in [9.17, 15) is 5.26 Å². The summed E-state index contributed by atoms with van der Waals surface area (Å²) >= 11 is 0. The first-order valence-electron chi connectivity index (χ1n) is 10.2. The predicted molar refractivity (Wildman–Crippen MR) is 116 cm³/mol. The molecule has 0 fully saturated rings. The van der Waals surface area contributed by atoms with Crippen LogP contribution in [-0.2, 0) is 6.42 Å². The van der Waals surface area contributed by atoms with Gasteiger partial charge in [0.15, 0.2) is 11.5 Å². The zero-order chi connectivity index (χ0) is 20.9. The molecule has 0 aliphatic carbocycles. The number of unbranched alkanes of at least 4 members (excludes halogenated alkanes) is 2. The minimum Gasteiger partial charge on any atom is -0.497 e. The molecule has 0 N–H and O–H groups in total. The molecule has 0 saturated carbocycles. The molecule has 0 bridgehead atoms. The number of hydrogen-bond donors (Lipinski definition) is 0. The van der Waals surface area contributed by atoms with Crippen molar-refractivity contribution in [1.29, 1.82) is 5.26 Å². The molecule has 2 aromatic carbocycles. The summed E-state index contributed by atoms with van der Waals surface area (Å²) < 4.78 is 16.3. The molecule has 30 heavy (non-hydrogen) atoms. The number of aryl methyl sites for hydroxylation is 1. The molecule has 3 aromatic rings. The number of rotatable bonds is 7. The molecular formula is C25H24N2O3. The summed E-state index contributed by atoms with van der Waals surface area (Å²) in [5, 5.41) is 10.1. The molecule has 0 spiro atoms. The van der Waals surface area contributed by atoms with Crippen LogP contribution in [0.2, 0.25) is 0 Å². The lowest BCUT2D eigenvalue weighted by molar-refractivity contribution is 0.174. The molecule has 2 heterocycles. The first-order valence-corrected chi connectivity index (χ1v) is 10.2. The van der Waals surface area contributed by atoms with Gasteiger partial charge in [0.05, 0.1) is 18.4 Å². The normalized spacial score (nSPS) is 11.9. The summed E-state index contributed by atoms with van der Waals surface area (Å²) in [6.45, 7) is 2.40. The van der Waals surface area contributed by atoms with Crippen molar-refractivity contribution in [3.05, 3.63) is 59.8 Å². The molecule has 5 heteroatoms. The summed E-state index contributed by atoms with van der Waals surface area (Å²) in [5.41, 5.74) is 4.92. The third-order valence-corrected chi connectivity index (χ3v) is 5.27. The smallest absolute Gasteiger partial charge is 0.231 e. The molecule has 0 atom stereocenters. The molecule has 4 rings (SSSR count). The number of nitrogens with zero attached hydrogens (tertiary/aromatic N) is 2. The van der Waals surface area contributed by atoms with E-state index in [2.05, 4.69) is 13.0 Å². The lowest BCUT2D eigenvalue weighted by atomic mass is 9.94. The third kappa shape index (κ3) is 3.95. The number of fused-ring (bicyclic) bond motifs is 1. The van der Waals surface area contributed by atoms with Gasteiger partial charge in [-0.2, -0.15) is 5.26 Å². The van der Waals surface area contributed by atoms with Crippen LogP contribution in [0.4, 0.5) is 0 Å². The van der Waals surface area contributed by atoms with Crippen LogP contribution in [-0.4, -0.2) is 18.9 Å². The standard InChI is InChI=1S/C25H24N2O3/c1-3-4-5-6-19-14-21(17-7-10-20(28-2)11-8-17)22(15-26)25(27-19)18-9-12-23-24(13-18)30-16-29-23/h7-14H,3-6,16H2,1-2H3. The maximum atomic E-state index is 10.1. The molecule has 0 unspecified atom stereocenters. The Morgan fingerprint density at radius 3 is 2.50 bits per heavy atom. The van der Waals surface area contributed by atoms with Crippen LogP contribution in [0.25, 0.3) is 22.4 Å². The first kappa shape index (κ1) is 19.8. The van der Waals surface area contributed by atoms with E-state index >= 15 is 0 Å². The quantitative estimate of drug-likeness (QED) is 0.472. The number of hydrogen-bond acceptors (Lipinski definition) is 5. The lowest BCUT2D eigenvalue weighted by Gasteiger charge is -2.14. The first-order chi connectivity index (χ1) is 14.7. The van der Waals surface area contributed by atoms with E-state index < -0.39 is 0 Å². The van der Waals surface area contributed by atoms with Crippen molar-refractivity contribution >= 4 is 0 Å². The molecule has 5 nitrogen and oxygen atoms in total. The van der Waals surface area contributed by atoms with E-state index in [0.29, 0.717) is 22.8 Å². The third-order valence-electron chi connectivity index (χ3n) is 5.27. The van der Waals surface area contributed by atoms with E-state index in [-0.39, 0.29) is 6.79 Å². The van der Waals surface area contributed by atoms with Crippen molar-refractivity contribution in [2.75, 3.05) is 13.9 Å². The van der Waals surface area contributed by atoms with Gasteiger partial charge in [-0.25, -0.2) is 0 Å². The zero-order valence-electron chi connectivity index (χ0n) is 17.3. The fourth-order valence-corrected chi connectivity index (χ4v) is 3.65. The van der Waals surface area contributed by atoms with E-state index in [1.807, 2.05) is 48.5 Å². The van der Waals surface area contributed by atoms with Crippen molar-refractivity contribution in [1.82, 2.24) is 4.98 Å². The molecule has 152 valence electrons. The minimum atomic E-state index is 0.214. The molecule has 0 amide bonds. The number of benzene rings is 2. The summed E-state index contributed by atoms with van der Waals surface area (Å²) in [4.78, 5) is 4.89. The van der Waals surface area contributed by atoms with Crippen LogP contribution in [0, 0.1) is 11.3 Å². The van der Waals surface area contributed by atoms with E-state index in [1.54, 1.807) is 7.11 Å². The number of aromatic nitrogens is 1. The Hall–Kier alpha value is -3.52. The second-order valence-corrected chi connectivity index (χ2v) is 7.25. The van der Waals surface area contributed by atoms with Crippen molar-refractivity contribution in [2.24, 2.45) is 0 Å². The van der Waals surface area contributed by atoms with Gasteiger partial charge >= 0.3 is 0 Å². The van der Waals surface area contributed by atoms with Crippen molar-refractivity contribution < 1.29 is 14.2 Å². The Morgan fingerprint density at radius 2 is 1.77 bits per heavy atom. The van der Waals surface area contributed by atoms with Crippen LogP contribution in [0.3, 0.4) is 0 Å². The van der Waals surface area contributed by atoms with Gasteiger partial charge in [0.25, 0.3) is 0 Å². The highest BCUT2D eigenvalue weighted by Gasteiger charge is 2.19. The molecule has 1 aliphatic heterocycles. The summed E-state index contributed by atoms with van der Waals surface area (Å²) in [7, 11) is 1.64. The SMILES string of the molecule is CCCCCc1cc(-c2ccc(OC)cc2)c(C#N)c(-c2ccc3c(c2)OCO3)n1. The summed E-state index contributed by atoms with van der Waals surface area (Å²) in [6.07, 6.45) is 4.24. The van der Waals surface area contributed by atoms with Crippen LogP contribution in [0.5, 0.6) is 17.2 Å². The van der Waals surface area contributed by atoms with E-state index in [0.717, 1.165) is 53.8 Å². The van der Waals surface area contributed by atoms with Gasteiger partial charge < -0.3 is 14.2 Å². The maximum absolute atomic E-state index is 10.1.